The third-order valence-corrected chi connectivity index (χ3v) is 7.43. The van der Waals surface area contributed by atoms with Gasteiger partial charge in [0.2, 0.25) is 0 Å². The molecule has 0 amide bonds. The van der Waals surface area contributed by atoms with Crippen molar-refractivity contribution in [1.82, 2.24) is 4.90 Å². The van der Waals surface area contributed by atoms with E-state index in [0.29, 0.717) is 12.8 Å². The smallest absolute Gasteiger partial charge is 0.134 e. The normalized spacial score (nSPS) is 37.5. The van der Waals surface area contributed by atoms with Crippen LogP contribution in [0.3, 0.4) is 0 Å². The van der Waals surface area contributed by atoms with Gasteiger partial charge in [0.05, 0.1) is 5.60 Å². The van der Waals surface area contributed by atoms with Crippen LogP contribution >= 0.6 is 0 Å². The van der Waals surface area contributed by atoms with Gasteiger partial charge in [-0.3, -0.25) is 9.69 Å². The number of nitrogens with zero attached hydrogens (tertiary/aromatic N) is 1. The van der Waals surface area contributed by atoms with E-state index in [4.69, 9.17) is 4.74 Å². The summed E-state index contributed by atoms with van der Waals surface area (Å²) in [5.74, 6) is 0.932. The molecule has 0 N–H and O–H groups in total. The maximum atomic E-state index is 15.0. The standard InChI is InChI=1S/C21H26FNO2/c1-25-21-8-7-16(24)12-20(21)9-10-23(13-14-5-6-14)18(21)11-15-3-2-4-17(22)19(15)20/h2-4,14,18H,5-13H2,1H3/t18-,20-,21-/m1/s1. The average Bonchev–Trinajstić information content (AvgIpc) is 3.41. The van der Waals surface area contributed by atoms with Crippen LogP contribution in [0.25, 0.3) is 0 Å². The summed E-state index contributed by atoms with van der Waals surface area (Å²) >= 11 is 0. The Hall–Kier alpha value is -1.26. The number of Topliss-reactive ketones (excluding diaryl/α,β-unsaturated/α-hetero) is 1. The van der Waals surface area contributed by atoms with E-state index in [1.165, 1.54) is 12.8 Å². The molecule has 0 aromatic heterocycles. The van der Waals surface area contributed by atoms with Crippen molar-refractivity contribution in [2.45, 2.75) is 62.0 Å². The number of hydrogen-bond donors (Lipinski definition) is 0. The number of ether oxygens (including phenoxy) is 1. The van der Waals surface area contributed by atoms with Gasteiger partial charge < -0.3 is 4.74 Å². The Morgan fingerprint density at radius 1 is 1.32 bits per heavy atom. The Morgan fingerprint density at radius 2 is 2.16 bits per heavy atom. The number of methoxy groups -OCH3 is 1. The molecule has 1 heterocycles. The molecule has 2 bridgehead atoms. The quantitative estimate of drug-likeness (QED) is 0.844. The fourth-order valence-electron chi connectivity index (χ4n) is 6.20. The third-order valence-electron chi connectivity index (χ3n) is 7.43. The maximum absolute atomic E-state index is 15.0. The van der Waals surface area contributed by atoms with Gasteiger partial charge in [-0.05, 0) is 56.2 Å². The van der Waals surface area contributed by atoms with E-state index >= 15 is 0 Å². The van der Waals surface area contributed by atoms with Gasteiger partial charge in [-0.2, -0.15) is 0 Å². The summed E-state index contributed by atoms with van der Waals surface area (Å²) in [4.78, 5) is 15.1. The average molecular weight is 343 g/mol. The maximum Gasteiger partial charge on any atom is 0.134 e. The van der Waals surface area contributed by atoms with Gasteiger partial charge in [-0.25, -0.2) is 4.39 Å². The van der Waals surface area contributed by atoms with Crippen molar-refractivity contribution < 1.29 is 13.9 Å². The Morgan fingerprint density at radius 3 is 2.92 bits per heavy atom. The molecule has 0 radical (unpaired) electrons. The molecule has 3 atom stereocenters. The predicted octanol–water partition coefficient (Wildman–Crippen LogP) is 3.24. The lowest BCUT2D eigenvalue weighted by Crippen LogP contribution is -2.74. The van der Waals surface area contributed by atoms with Crippen LogP contribution < -0.4 is 0 Å². The second-order valence-corrected chi connectivity index (χ2v) is 8.57. The number of halogens is 1. The Balaban J connectivity index is 1.69. The number of hydrogen-bond acceptors (Lipinski definition) is 3. The number of benzene rings is 1. The van der Waals surface area contributed by atoms with Crippen molar-refractivity contribution in [3.8, 4) is 0 Å². The molecule has 25 heavy (non-hydrogen) atoms. The lowest BCUT2D eigenvalue weighted by molar-refractivity contribution is -0.188. The van der Waals surface area contributed by atoms with Gasteiger partial charge in [-0.1, -0.05) is 12.1 Å². The van der Waals surface area contributed by atoms with Gasteiger partial charge in [0.1, 0.15) is 11.6 Å². The molecule has 3 aliphatic carbocycles. The highest BCUT2D eigenvalue weighted by atomic mass is 19.1. The zero-order chi connectivity index (χ0) is 17.2. The monoisotopic (exact) mass is 343 g/mol. The molecule has 0 unspecified atom stereocenters. The van der Waals surface area contributed by atoms with E-state index in [9.17, 15) is 9.18 Å². The Bertz CT molecular complexity index is 731. The third kappa shape index (κ3) is 2.07. The minimum Gasteiger partial charge on any atom is -0.376 e. The molecule has 5 rings (SSSR count). The summed E-state index contributed by atoms with van der Waals surface area (Å²) in [6.07, 6.45) is 6.04. The first-order valence-corrected chi connectivity index (χ1v) is 9.68. The number of fused-ring (bicyclic) bond motifs is 1. The molecule has 134 valence electrons. The van der Waals surface area contributed by atoms with Crippen LogP contribution in [0.15, 0.2) is 18.2 Å². The highest BCUT2D eigenvalue weighted by Crippen LogP contribution is 2.59. The van der Waals surface area contributed by atoms with Crippen LogP contribution in [0, 0.1) is 11.7 Å². The van der Waals surface area contributed by atoms with Crippen molar-refractivity contribution >= 4 is 5.78 Å². The van der Waals surface area contributed by atoms with Crippen LogP contribution in [0.2, 0.25) is 0 Å². The van der Waals surface area contributed by atoms with Gasteiger partial charge >= 0.3 is 0 Å². The van der Waals surface area contributed by atoms with Crippen LogP contribution in [-0.2, 0) is 21.4 Å². The predicted molar refractivity (Wildman–Crippen MR) is 93.1 cm³/mol. The van der Waals surface area contributed by atoms with E-state index in [1.54, 1.807) is 13.2 Å². The molecule has 4 aliphatic rings. The first kappa shape index (κ1) is 16.0. The Kier molecular flexibility index (Phi) is 3.43. The van der Waals surface area contributed by atoms with Gasteiger partial charge in [0.15, 0.2) is 0 Å². The zero-order valence-corrected chi connectivity index (χ0v) is 14.9. The second kappa shape index (κ2) is 5.37. The Labute approximate surface area is 148 Å². The van der Waals surface area contributed by atoms with Crippen molar-refractivity contribution in [2.75, 3.05) is 20.2 Å². The van der Waals surface area contributed by atoms with Crippen molar-refractivity contribution in [3.05, 3.63) is 35.1 Å². The molecule has 1 saturated heterocycles. The van der Waals surface area contributed by atoms with Gasteiger partial charge in [-0.15, -0.1) is 0 Å². The molecular formula is C21H26FNO2. The second-order valence-electron chi connectivity index (χ2n) is 8.57. The van der Waals surface area contributed by atoms with Crippen molar-refractivity contribution in [3.63, 3.8) is 0 Å². The van der Waals surface area contributed by atoms with Crippen LogP contribution in [0.4, 0.5) is 4.39 Å². The van der Waals surface area contributed by atoms with Crippen molar-refractivity contribution in [2.24, 2.45) is 5.92 Å². The SMILES string of the molecule is CO[C@@]12CCC(=O)C[C@@]13CCN(CC1CC1)[C@@H]2Cc1cccc(F)c13. The van der Waals surface area contributed by atoms with E-state index in [0.717, 1.165) is 49.4 Å². The van der Waals surface area contributed by atoms with Crippen LogP contribution in [0.5, 0.6) is 0 Å². The number of likely N-dealkylation sites (tertiary alicyclic amines) is 1. The zero-order valence-electron chi connectivity index (χ0n) is 14.9. The van der Waals surface area contributed by atoms with E-state index < -0.39 is 11.0 Å². The number of ketones is 1. The summed E-state index contributed by atoms with van der Waals surface area (Å²) in [5, 5.41) is 0. The number of rotatable bonds is 3. The molecular weight excluding hydrogens is 317 g/mol. The first-order chi connectivity index (χ1) is 12.1. The number of piperidine rings is 1. The van der Waals surface area contributed by atoms with E-state index in [2.05, 4.69) is 11.0 Å². The van der Waals surface area contributed by atoms with E-state index in [1.807, 2.05) is 6.07 Å². The molecule has 3 nitrogen and oxygen atoms in total. The largest absolute Gasteiger partial charge is 0.376 e. The molecule has 0 spiro atoms. The minimum atomic E-state index is -0.485. The van der Waals surface area contributed by atoms with E-state index in [-0.39, 0.29) is 17.6 Å². The lowest BCUT2D eigenvalue weighted by Gasteiger charge is -2.65. The summed E-state index contributed by atoms with van der Waals surface area (Å²) in [7, 11) is 1.78. The van der Waals surface area contributed by atoms with Gasteiger partial charge in [0.25, 0.3) is 0 Å². The molecule has 2 saturated carbocycles. The topological polar surface area (TPSA) is 29.5 Å². The number of carbonyl (C=O) groups excluding carboxylic acids is 1. The molecule has 1 aliphatic heterocycles. The summed E-state index contributed by atoms with van der Waals surface area (Å²) in [6, 6.07) is 5.70. The van der Waals surface area contributed by atoms with Crippen LogP contribution in [-0.4, -0.2) is 42.5 Å². The molecule has 4 heteroatoms. The highest BCUT2D eigenvalue weighted by molar-refractivity contribution is 5.82. The first-order valence-electron chi connectivity index (χ1n) is 9.68. The molecule has 1 aromatic rings. The summed E-state index contributed by atoms with van der Waals surface area (Å²) in [6.45, 7) is 2.08. The number of carbonyl (C=O) groups is 1. The van der Waals surface area contributed by atoms with Crippen molar-refractivity contribution in [1.29, 1.82) is 0 Å². The molecule has 1 aromatic carbocycles. The van der Waals surface area contributed by atoms with Crippen LogP contribution in [0.1, 0.15) is 49.7 Å². The van der Waals surface area contributed by atoms with Gasteiger partial charge in [0, 0.05) is 43.5 Å². The summed E-state index contributed by atoms with van der Waals surface area (Å²) < 4.78 is 21.3. The molecule has 3 fully saturated rings. The summed E-state index contributed by atoms with van der Waals surface area (Å²) in [5.41, 5.74) is 0.962. The highest BCUT2D eigenvalue weighted by Gasteiger charge is 2.66. The lowest BCUT2D eigenvalue weighted by atomic mass is 9.49. The fraction of sp³-hybridized carbons (Fsp3) is 0.667. The fourth-order valence-corrected chi connectivity index (χ4v) is 6.20. The minimum absolute atomic E-state index is 0.150.